The molecule has 0 N–H and O–H groups in total. The second-order valence-electron chi connectivity index (χ2n) is 6.76. The molecule has 1 aliphatic rings. The third kappa shape index (κ3) is 4.09. The van der Waals surface area contributed by atoms with E-state index in [0.717, 1.165) is 18.5 Å². The summed E-state index contributed by atoms with van der Waals surface area (Å²) in [4.78, 5) is 18.3. The molecule has 1 aromatic rings. The number of rotatable bonds is 2. The lowest BCUT2D eigenvalue weighted by Gasteiger charge is -2.29. The summed E-state index contributed by atoms with van der Waals surface area (Å²) in [5, 5.41) is 0. The number of carbonyl (C=O) groups is 1. The van der Waals surface area contributed by atoms with Crippen LogP contribution in [-0.4, -0.2) is 34.7 Å². The van der Waals surface area contributed by atoms with Gasteiger partial charge in [-0.05, 0) is 63.3 Å². The first-order valence-corrected chi connectivity index (χ1v) is 7.93. The summed E-state index contributed by atoms with van der Waals surface area (Å²) in [5.74, 6) is 0. The molecule has 120 valence electrons. The molecule has 0 unspecified atom stereocenters. The van der Waals surface area contributed by atoms with Gasteiger partial charge in [0.1, 0.15) is 5.60 Å². The summed E-state index contributed by atoms with van der Waals surface area (Å²) in [6.45, 7) is 11.2. The van der Waals surface area contributed by atoms with Crippen molar-refractivity contribution in [1.29, 1.82) is 0 Å². The standard InChI is InChI=1S/C18H26N2O2/c1-6-14-11-16(19-12-13(14)2)15-7-9-20(10-8-15)17(21)22-18(3,4)5/h7,11-12H,6,8-10H2,1-5H3. The average Bonchev–Trinajstić information content (AvgIpc) is 2.46. The molecular weight excluding hydrogens is 276 g/mol. The van der Waals surface area contributed by atoms with Crippen LogP contribution in [0.15, 0.2) is 18.3 Å². The fourth-order valence-electron chi connectivity index (χ4n) is 2.52. The second-order valence-corrected chi connectivity index (χ2v) is 6.76. The molecule has 0 saturated heterocycles. The number of carbonyl (C=O) groups excluding carboxylic acids is 1. The van der Waals surface area contributed by atoms with Gasteiger partial charge in [-0.25, -0.2) is 4.79 Å². The zero-order chi connectivity index (χ0) is 16.3. The molecular formula is C18H26N2O2. The van der Waals surface area contributed by atoms with Gasteiger partial charge in [0.25, 0.3) is 0 Å². The number of ether oxygens (including phenoxy) is 1. The maximum absolute atomic E-state index is 12.1. The minimum Gasteiger partial charge on any atom is -0.444 e. The van der Waals surface area contributed by atoms with E-state index < -0.39 is 5.60 Å². The van der Waals surface area contributed by atoms with E-state index in [9.17, 15) is 4.79 Å². The number of aromatic nitrogens is 1. The predicted octanol–water partition coefficient (Wildman–Crippen LogP) is 3.98. The van der Waals surface area contributed by atoms with Gasteiger partial charge in [-0.15, -0.1) is 0 Å². The molecule has 4 nitrogen and oxygen atoms in total. The predicted molar refractivity (Wildman–Crippen MR) is 88.8 cm³/mol. The third-order valence-electron chi connectivity index (χ3n) is 3.79. The molecule has 0 spiro atoms. The lowest BCUT2D eigenvalue weighted by molar-refractivity contribution is 0.0270. The summed E-state index contributed by atoms with van der Waals surface area (Å²) < 4.78 is 5.41. The van der Waals surface area contributed by atoms with E-state index in [2.05, 4.69) is 31.0 Å². The number of pyridine rings is 1. The third-order valence-corrected chi connectivity index (χ3v) is 3.79. The van der Waals surface area contributed by atoms with Crippen LogP contribution in [0.3, 0.4) is 0 Å². The maximum Gasteiger partial charge on any atom is 0.410 e. The molecule has 22 heavy (non-hydrogen) atoms. The Morgan fingerprint density at radius 2 is 2.14 bits per heavy atom. The Bertz CT molecular complexity index is 585. The number of hydrogen-bond donors (Lipinski definition) is 0. The van der Waals surface area contributed by atoms with Gasteiger partial charge >= 0.3 is 6.09 Å². The van der Waals surface area contributed by atoms with Crippen LogP contribution in [0.4, 0.5) is 4.79 Å². The molecule has 0 aliphatic carbocycles. The molecule has 2 rings (SSSR count). The van der Waals surface area contributed by atoms with E-state index in [1.54, 1.807) is 4.90 Å². The van der Waals surface area contributed by atoms with Crippen molar-refractivity contribution in [3.63, 3.8) is 0 Å². The number of nitrogens with zero attached hydrogens (tertiary/aromatic N) is 2. The first kappa shape index (κ1) is 16.5. The van der Waals surface area contributed by atoms with Crippen LogP contribution < -0.4 is 0 Å². The van der Waals surface area contributed by atoms with Crippen molar-refractivity contribution >= 4 is 11.7 Å². The van der Waals surface area contributed by atoms with Crippen LogP contribution >= 0.6 is 0 Å². The van der Waals surface area contributed by atoms with E-state index in [1.807, 2.05) is 27.0 Å². The molecule has 0 saturated carbocycles. The number of hydrogen-bond acceptors (Lipinski definition) is 3. The van der Waals surface area contributed by atoms with E-state index >= 15 is 0 Å². The summed E-state index contributed by atoms with van der Waals surface area (Å²) >= 11 is 0. The summed E-state index contributed by atoms with van der Waals surface area (Å²) in [6.07, 6.45) is 5.62. The Morgan fingerprint density at radius 1 is 1.41 bits per heavy atom. The fourth-order valence-corrected chi connectivity index (χ4v) is 2.52. The average molecular weight is 302 g/mol. The van der Waals surface area contributed by atoms with E-state index in [0.29, 0.717) is 13.1 Å². The Hall–Kier alpha value is -1.84. The van der Waals surface area contributed by atoms with Crippen molar-refractivity contribution in [2.45, 2.75) is 53.1 Å². The van der Waals surface area contributed by atoms with Crippen LogP contribution in [0.5, 0.6) is 0 Å². The smallest absolute Gasteiger partial charge is 0.410 e. The molecule has 1 aromatic heterocycles. The van der Waals surface area contributed by atoms with Crippen molar-refractivity contribution in [3.05, 3.63) is 35.2 Å². The normalized spacial score (nSPS) is 15.5. The van der Waals surface area contributed by atoms with Crippen molar-refractivity contribution < 1.29 is 9.53 Å². The second kappa shape index (κ2) is 6.51. The van der Waals surface area contributed by atoms with Gasteiger partial charge in [0.15, 0.2) is 0 Å². The topological polar surface area (TPSA) is 42.4 Å². The monoisotopic (exact) mass is 302 g/mol. The Kier molecular flexibility index (Phi) is 4.89. The fraction of sp³-hybridized carbons (Fsp3) is 0.556. The molecule has 0 atom stereocenters. The minimum atomic E-state index is -0.449. The van der Waals surface area contributed by atoms with Gasteiger partial charge in [-0.1, -0.05) is 13.0 Å². The SMILES string of the molecule is CCc1cc(C2=CCN(C(=O)OC(C)(C)C)CC2)ncc1C. The number of amides is 1. The van der Waals surface area contributed by atoms with E-state index in [-0.39, 0.29) is 6.09 Å². The summed E-state index contributed by atoms with van der Waals surface area (Å²) in [5.41, 5.74) is 4.37. The Morgan fingerprint density at radius 3 is 2.68 bits per heavy atom. The van der Waals surface area contributed by atoms with Gasteiger partial charge in [0, 0.05) is 19.3 Å². The highest BCUT2D eigenvalue weighted by atomic mass is 16.6. The molecule has 0 fully saturated rings. The van der Waals surface area contributed by atoms with Crippen LogP contribution in [0.1, 0.15) is 50.9 Å². The summed E-state index contributed by atoms with van der Waals surface area (Å²) in [6, 6.07) is 2.17. The van der Waals surface area contributed by atoms with Gasteiger partial charge in [-0.2, -0.15) is 0 Å². The minimum absolute atomic E-state index is 0.242. The zero-order valence-corrected chi connectivity index (χ0v) is 14.3. The Labute approximate surface area is 133 Å². The van der Waals surface area contributed by atoms with Gasteiger partial charge in [0.2, 0.25) is 0 Å². The lowest BCUT2D eigenvalue weighted by atomic mass is 10.0. The quantitative estimate of drug-likeness (QED) is 0.830. The van der Waals surface area contributed by atoms with E-state index in [4.69, 9.17) is 4.74 Å². The molecule has 2 heterocycles. The first-order chi connectivity index (χ1) is 10.3. The molecule has 1 aliphatic heterocycles. The van der Waals surface area contributed by atoms with Gasteiger partial charge < -0.3 is 9.64 Å². The van der Waals surface area contributed by atoms with Crippen molar-refractivity contribution in [2.75, 3.05) is 13.1 Å². The lowest BCUT2D eigenvalue weighted by Crippen LogP contribution is -2.39. The van der Waals surface area contributed by atoms with Gasteiger partial charge in [-0.3, -0.25) is 4.98 Å². The molecule has 4 heteroatoms. The molecule has 1 amide bonds. The first-order valence-electron chi connectivity index (χ1n) is 7.93. The molecule has 0 aromatic carbocycles. The Balaban J connectivity index is 2.07. The van der Waals surface area contributed by atoms with Crippen molar-refractivity contribution in [3.8, 4) is 0 Å². The maximum atomic E-state index is 12.1. The highest BCUT2D eigenvalue weighted by Crippen LogP contribution is 2.23. The van der Waals surface area contributed by atoms with Crippen LogP contribution in [0, 0.1) is 6.92 Å². The highest BCUT2D eigenvalue weighted by molar-refractivity contribution is 5.72. The number of aryl methyl sites for hydroxylation is 2. The van der Waals surface area contributed by atoms with Gasteiger partial charge in [0.05, 0.1) is 5.69 Å². The van der Waals surface area contributed by atoms with Crippen LogP contribution in [-0.2, 0) is 11.2 Å². The highest BCUT2D eigenvalue weighted by Gasteiger charge is 2.24. The van der Waals surface area contributed by atoms with E-state index in [1.165, 1.54) is 16.7 Å². The van der Waals surface area contributed by atoms with Crippen LogP contribution in [0.2, 0.25) is 0 Å². The van der Waals surface area contributed by atoms with Crippen LogP contribution in [0.25, 0.3) is 5.57 Å². The molecule has 0 radical (unpaired) electrons. The van der Waals surface area contributed by atoms with Crippen molar-refractivity contribution in [2.24, 2.45) is 0 Å². The zero-order valence-electron chi connectivity index (χ0n) is 14.3. The summed E-state index contributed by atoms with van der Waals surface area (Å²) in [7, 11) is 0. The molecule has 0 bridgehead atoms. The van der Waals surface area contributed by atoms with Crippen molar-refractivity contribution in [1.82, 2.24) is 9.88 Å². The largest absolute Gasteiger partial charge is 0.444 e.